The van der Waals surface area contributed by atoms with E-state index in [9.17, 15) is 9.59 Å². The van der Waals surface area contributed by atoms with Crippen molar-refractivity contribution in [3.05, 3.63) is 157 Å². The van der Waals surface area contributed by atoms with Gasteiger partial charge in [0.15, 0.2) is 0 Å². The van der Waals surface area contributed by atoms with Crippen molar-refractivity contribution in [1.82, 2.24) is 0 Å². The van der Waals surface area contributed by atoms with E-state index in [0.717, 1.165) is 79.1 Å². The maximum Gasteiger partial charge on any atom is 0.343 e. The van der Waals surface area contributed by atoms with Crippen LogP contribution in [-0.4, -0.2) is 38.4 Å². The van der Waals surface area contributed by atoms with Crippen molar-refractivity contribution in [3.63, 3.8) is 0 Å². The first-order valence-corrected chi connectivity index (χ1v) is 23.5. The van der Waals surface area contributed by atoms with E-state index in [1.54, 1.807) is 72.8 Å². The van der Waals surface area contributed by atoms with Crippen LogP contribution in [0.1, 0.15) is 118 Å². The van der Waals surface area contributed by atoms with Gasteiger partial charge >= 0.3 is 11.9 Å². The molecular weight excluding hydrogens is 813 g/mol. The first kappa shape index (κ1) is 47.9. The predicted molar refractivity (Wildman–Crippen MR) is 260 cm³/mol. The van der Waals surface area contributed by atoms with Gasteiger partial charge in [-0.15, -0.1) is 0 Å². The second kappa shape index (κ2) is 26.9. The molecule has 0 bridgehead atoms. The third-order valence-electron chi connectivity index (χ3n) is 11.0. The molecule has 0 aliphatic heterocycles. The SMILES string of the molecule is CCCCCCCOc1ccc(-c2ccc(C(=O)Oc3ccc(OCCCCCOc4ccc(OC(=O)c5ccc(-c6ccc(OCCCCCCC)cc6)cc5)cc4)cc3)cc2)cc1. The van der Waals surface area contributed by atoms with Gasteiger partial charge in [-0.3, -0.25) is 0 Å². The molecule has 0 saturated carbocycles. The summed E-state index contributed by atoms with van der Waals surface area (Å²) < 4.78 is 34.8. The van der Waals surface area contributed by atoms with Gasteiger partial charge in [-0.25, -0.2) is 9.59 Å². The maximum atomic E-state index is 12.9. The smallest absolute Gasteiger partial charge is 0.343 e. The van der Waals surface area contributed by atoms with Gasteiger partial charge in [-0.2, -0.15) is 0 Å². The van der Waals surface area contributed by atoms with E-state index < -0.39 is 11.9 Å². The van der Waals surface area contributed by atoms with E-state index in [4.69, 9.17) is 28.4 Å². The normalized spacial score (nSPS) is 10.9. The average Bonchev–Trinajstić information content (AvgIpc) is 3.35. The second-order valence-electron chi connectivity index (χ2n) is 16.2. The number of hydrogen-bond donors (Lipinski definition) is 0. The predicted octanol–water partition coefficient (Wildman–Crippen LogP) is 14.8. The lowest BCUT2D eigenvalue weighted by Crippen LogP contribution is -2.08. The number of ether oxygens (including phenoxy) is 6. The van der Waals surface area contributed by atoms with Gasteiger partial charge in [0.05, 0.1) is 37.6 Å². The quantitative estimate of drug-likeness (QED) is 0.0273. The Labute approximate surface area is 385 Å². The number of hydrogen-bond acceptors (Lipinski definition) is 8. The molecule has 0 aromatic heterocycles. The molecule has 0 spiro atoms. The van der Waals surface area contributed by atoms with E-state index in [2.05, 4.69) is 13.8 Å². The highest BCUT2D eigenvalue weighted by atomic mass is 16.5. The monoisotopic (exact) mass is 876 g/mol. The van der Waals surface area contributed by atoms with Gasteiger partial charge in [0, 0.05) is 0 Å². The summed E-state index contributed by atoms with van der Waals surface area (Å²) in [5, 5.41) is 0. The van der Waals surface area contributed by atoms with Crippen molar-refractivity contribution >= 4 is 11.9 Å². The minimum atomic E-state index is -0.417. The number of esters is 2. The van der Waals surface area contributed by atoms with Gasteiger partial charge in [0.1, 0.15) is 34.5 Å². The van der Waals surface area contributed by atoms with E-state index in [1.807, 2.05) is 72.8 Å². The summed E-state index contributed by atoms with van der Waals surface area (Å²) in [5.74, 6) is 3.23. The Balaban J connectivity index is 0.816. The molecule has 65 heavy (non-hydrogen) atoms. The fourth-order valence-electron chi connectivity index (χ4n) is 7.18. The van der Waals surface area contributed by atoms with Crippen molar-refractivity contribution in [2.24, 2.45) is 0 Å². The van der Waals surface area contributed by atoms with Crippen LogP contribution in [0, 0.1) is 0 Å². The Kier molecular flexibility index (Phi) is 19.9. The third-order valence-corrected chi connectivity index (χ3v) is 11.0. The summed E-state index contributed by atoms with van der Waals surface area (Å²) in [6.45, 7) is 7.04. The van der Waals surface area contributed by atoms with Crippen LogP contribution in [0.4, 0.5) is 0 Å². The molecule has 0 unspecified atom stereocenters. The van der Waals surface area contributed by atoms with Gasteiger partial charge in [0.2, 0.25) is 0 Å². The Morgan fingerprint density at radius 2 is 0.523 bits per heavy atom. The molecule has 6 aromatic carbocycles. The minimum absolute atomic E-state index is 0.417. The first-order chi connectivity index (χ1) is 32.0. The average molecular weight is 877 g/mol. The minimum Gasteiger partial charge on any atom is -0.494 e. The lowest BCUT2D eigenvalue weighted by atomic mass is 10.0. The molecule has 0 atom stereocenters. The van der Waals surface area contributed by atoms with Crippen LogP contribution in [0.3, 0.4) is 0 Å². The number of carbonyl (C=O) groups is 2. The molecule has 0 radical (unpaired) electrons. The van der Waals surface area contributed by atoms with Gasteiger partial charge in [0.25, 0.3) is 0 Å². The Morgan fingerprint density at radius 1 is 0.292 bits per heavy atom. The standard InChI is InChI=1S/C57H64O8/c1-3-5-7-9-12-40-60-50-28-24-46(25-29-50)44-16-20-48(21-17-44)56(58)64-54-36-32-52(33-37-54)62-42-14-11-15-43-63-53-34-38-55(39-35-53)65-57(59)49-22-18-45(19-23-49)47-26-30-51(31-27-47)61-41-13-10-8-6-4-2/h16-39H,3-15,40-43H2,1-2H3. The summed E-state index contributed by atoms with van der Waals surface area (Å²) in [6.07, 6.45) is 14.8. The highest BCUT2D eigenvalue weighted by molar-refractivity contribution is 5.92. The van der Waals surface area contributed by atoms with Crippen molar-refractivity contribution in [2.45, 2.75) is 97.3 Å². The second-order valence-corrected chi connectivity index (χ2v) is 16.2. The molecule has 0 saturated heterocycles. The van der Waals surface area contributed by atoms with Crippen molar-refractivity contribution in [1.29, 1.82) is 0 Å². The zero-order valence-corrected chi connectivity index (χ0v) is 38.1. The van der Waals surface area contributed by atoms with E-state index in [0.29, 0.717) is 47.3 Å². The first-order valence-electron chi connectivity index (χ1n) is 23.5. The fraction of sp³-hybridized carbons (Fsp3) is 0.333. The Morgan fingerprint density at radius 3 is 0.815 bits per heavy atom. The Bertz CT molecular complexity index is 2100. The van der Waals surface area contributed by atoms with Crippen LogP contribution in [0.5, 0.6) is 34.5 Å². The molecule has 0 amide bonds. The third kappa shape index (κ3) is 16.5. The molecule has 6 rings (SSSR count). The highest BCUT2D eigenvalue weighted by Crippen LogP contribution is 2.27. The van der Waals surface area contributed by atoms with Crippen LogP contribution < -0.4 is 28.4 Å². The Hall–Kier alpha value is -6.54. The molecular formula is C57H64O8. The molecule has 0 aliphatic carbocycles. The zero-order chi connectivity index (χ0) is 45.3. The zero-order valence-electron chi connectivity index (χ0n) is 38.1. The van der Waals surface area contributed by atoms with Crippen LogP contribution in [-0.2, 0) is 0 Å². The van der Waals surface area contributed by atoms with Crippen molar-refractivity contribution in [2.75, 3.05) is 26.4 Å². The topological polar surface area (TPSA) is 89.5 Å². The summed E-state index contributed by atoms with van der Waals surface area (Å²) in [4.78, 5) is 25.7. The van der Waals surface area contributed by atoms with Crippen molar-refractivity contribution < 1.29 is 38.0 Å². The van der Waals surface area contributed by atoms with E-state index in [1.165, 1.54) is 51.4 Å². The summed E-state index contributed by atoms with van der Waals surface area (Å²) >= 11 is 0. The molecule has 0 N–H and O–H groups in total. The molecule has 8 nitrogen and oxygen atoms in total. The van der Waals surface area contributed by atoms with Crippen molar-refractivity contribution in [3.8, 4) is 56.8 Å². The number of rotatable bonds is 28. The van der Waals surface area contributed by atoms with Crippen LogP contribution in [0.15, 0.2) is 146 Å². The largest absolute Gasteiger partial charge is 0.494 e. The summed E-state index contributed by atoms with van der Waals surface area (Å²) in [7, 11) is 0. The van der Waals surface area contributed by atoms with E-state index in [-0.39, 0.29) is 0 Å². The van der Waals surface area contributed by atoms with Crippen LogP contribution in [0.2, 0.25) is 0 Å². The summed E-state index contributed by atoms with van der Waals surface area (Å²) in [5.41, 5.74) is 5.09. The van der Waals surface area contributed by atoms with Gasteiger partial charge in [-0.05, 0) is 151 Å². The lowest BCUT2D eigenvalue weighted by molar-refractivity contribution is 0.0725. The van der Waals surface area contributed by atoms with Crippen LogP contribution >= 0.6 is 0 Å². The maximum absolute atomic E-state index is 12.9. The van der Waals surface area contributed by atoms with Gasteiger partial charge < -0.3 is 28.4 Å². The molecule has 0 fully saturated rings. The van der Waals surface area contributed by atoms with Crippen LogP contribution in [0.25, 0.3) is 22.3 Å². The van der Waals surface area contributed by atoms with E-state index >= 15 is 0 Å². The molecule has 6 aromatic rings. The number of carbonyl (C=O) groups excluding carboxylic acids is 2. The number of unbranched alkanes of at least 4 members (excludes halogenated alkanes) is 10. The lowest BCUT2D eigenvalue weighted by Gasteiger charge is -2.10. The molecule has 0 heterocycles. The molecule has 8 heteroatoms. The number of benzene rings is 6. The molecule has 340 valence electrons. The molecule has 0 aliphatic rings. The van der Waals surface area contributed by atoms with Gasteiger partial charge in [-0.1, -0.05) is 114 Å². The fourth-order valence-corrected chi connectivity index (χ4v) is 7.18. The summed E-state index contributed by atoms with van der Waals surface area (Å²) in [6, 6.07) is 45.1. The highest BCUT2D eigenvalue weighted by Gasteiger charge is 2.12.